The Labute approximate surface area is 146 Å². The van der Waals surface area contributed by atoms with Crippen LogP contribution in [-0.4, -0.2) is 23.9 Å². The standard InChI is InChI=1S/C15H7F7O4S/c16-4-1-3-6(2-5(4)17)27(25,26)15(13(3)23)14(24)7-8(18)10(20)12(22)11(21)9(7)19/h1-2,13-15,23-24H. The van der Waals surface area contributed by atoms with Crippen LogP contribution in [0.5, 0.6) is 0 Å². The summed E-state index contributed by atoms with van der Waals surface area (Å²) in [4.78, 5) is -0.984. The van der Waals surface area contributed by atoms with Gasteiger partial charge in [0.2, 0.25) is 5.82 Å². The summed E-state index contributed by atoms with van der Waals surface area (Å²) in [5.74, 6) is -15.6. The van der Waals surface area contributed by atoms with Crippen LogP contribution >= 0.6 is 0 Å². The van der Waals surface area contributed by atoms with Crippen LogP contribution in [0, 0.1) is 40.7 Å². The highest BCUT2D eigenvalue weighted by Crippen LogP contribution is 2.46. The minimum absolute atomic E-state index is 0.175. The number of rotatable bonds is 2. The van der Waals surface area contributed by atoms with Crippen molar-refractivity contribution in [2.24, 2.45) is 0 Å². The average Bonchev–Trinajstić information content (AvgIpc) is 2.78. The molecule has 0 saturated carbocycles. The number of hydrogen-bond donors (Lipinski definition) is 2. The van der Waals surface area contributed by atoms with E-state index >= 15 is 0 Å². The zero-order chi connectivity index (χ0) is 20.4. The smallest absolute Gasteiger partial charge is 0.200 e. The number of hydrogen-bond acceptors (Lipinski definition) is 4. The van der Waals surface area contributed by atoms with E-state index in [4.69, 9.17) is 0 Å². The lowest BCUT2D eigenvalue weighted by Crippen LogP contribution is -2.31. The van der Waals surface area contributed by atoms with E-state index in [1.54, 1.807) is 0 Å². The molecule has 12 heteroatoms. The first kappa shape index (κ1) is 19.6. The minimum atomic E-state index is -4.93. The lowest BCUT2D eigenvalue weighted by atomic mass is 9.97. The molecule has 1 heterocycles. The molecule has 2 aromatic carbocycles. The summed E-state index contributed by atoms with van der Waals surface area (Å²) in [5.41, 5.74) is -2.63. The van der Waals surface area contributed by atoms with E-state index in [-0.39, 0.29) is 12.1 Å². The van der Waals surface area contributed by atoms with E-state index in [0.717, 1.165) is 0 Å². The van der Waals surface area contributed by atoms with Crippen molar-refractivity contribution in [2.75, 3.05) is 0 Å². The van der Waals surface area contributed by atoms with Crippen LogP contribution in [0.4, 0.5) is 30.7 Å². The molecule has 4 nitrogen and oxygen atoms in total. The van der Waals surface area contributed by atoms with Crippen LogP contribution in [0.3, 0.4) is 0 Å². The zero-order valence-electron chi connectivity index (χ0n) is 12.7. The lowest BCUT2D eigenvalue weighted by Gasteiger charge is -2.22. The summed E-state index contributed by atoms with van der Waals surface area (Å²) < 4.78 is 119. The van der Waals surface area contributed by atoms with Crippen molar-refractivity contribution in [3.63, 3.8) is 0 Å². The SMILES string of the molecule is O=S1(=O)c2cc(F)c(F)cc2C(O)C1C(O)c1c(F)c(F)c(F)c(F)c1F. The second kappa shape index (κ2) is 6.17. The molecule has 0 spiro atoms. The van der Waals surface area contributed by atoms with Crippen molar-refractivity contribution >= 4 is 9.84 Å². The van der Waals surface area contributed by atoms with Gasteiger partial charge in [-0.3, -0.25) is 0 Å². The molecule has 0 fully saturated rings. The van der Waals surface area contributed by atoms with Crippen molar-refractivity contribution in [1.29, 1.82) is 0 Å². The van der Waals surface area contributed by atoms with E-state index in [2.05, 4.69) is 0 Å². The number of fused-ring (bicyclic) bond motifs is 1. The van der Waals surface area contributed by atoms with Crippen LogP contribution in [0.2, 0.25) is 0 Å². The molecule has 2 aromatic rings. The summed E-state index contributed by atoms with van der Waals surface area (Å²) in [6.07, 6.45) is -5.27. The summed E-state index contributed by atoms with van der Waals surface area (Å²) in [6, 6.07) is 0.465. The van der Waals surface area contributed by atoms with Gasteiger partial charge in [-0.2, -0.15) is 0 Å². The number of halogens is 7. The third-order valence-corrected chi connectivity index (χ3v) is 6.40. The van der Waals surface area contributed by atoms with Crippen molar-refractivity contribution in [3.8, 4) is 0 Å². The maximum Gasteiger partial charge on any atom is 0.200 e. The van der Waals surface area contributed by atoms with Gasteiger partial charge >= 0.3 is 0 Å². The third kappa shape index (κ3) is 2.62. The Kier molecular flexibility index (Phi) is 4.48. The second-order valence-corrected chi connectivity index (χ2v) is 7.76. The fraction of sp³-hybridized carbons (Fsp3) is 0.200. The van der Waals surface area contributed by atoms with Crippen molar-refractivity contribution in [3.05, 3.63) is 64.0 Å². The fourth-order valence-electron chi connectivity index (χ4n) is 2.90. The van der Waals surface area contributed by atoms with Gasteiger partial charge in [-0.05, 0) is 12.1 Å². The number of sulfone groups is 1. The number of benzene rings is 2. The molecule has 146 valence electrons. The molecule has 27 heavy (non-hydrogen) atoms. The first-order valence-electron chi connectivity index (χ1n) is 7.01. The van der Waals surface area contributed by atoms with Gasteiger partial charge in [0.15, 0.2) is 44.7 Å². The van der Waals surface area contributed by atoms with Gasteiger partial charge in [0.05, 0.1) is 10.5 Å². The van der Waals surface area contributed by atoms with Crippen molar-refractivity contribution in [2.45, 2.75) is 22.4 Å². The Morgan fingerprint density at radius 3 is 1.78 bits per heavy atom. The van der Waals surface area contributed by atoms with Gasteiger partial charge in [0.1, 0.15) is 17.5 Å². The summed E-state index contributed by atoms with van der Waals surface area (Å²) >= 11 is 0. The molecule has 1 aliphatic heterocycles. The Bertz CT molecular complexity index is 1040. The molecule has 0 saturated heterocycles. The van der Waals surface area contributed by atoms with Crippen LogP contribution in [0.25, 0.3) is 0 Å². The summed E-state index contributed by atoms with van der Waals surface area (Å²) in [5, 5.41) is 17.6. The predicted octanol–water partition coefficient (Wildman–Crippen LogP) is 2.58. The van der Waals surface area contributed by atoms with Gasteiger partial charge in [0, 0.05) is 5.56 Å². The fourth-order valence-corrected chi connectivity index (χ4v) is 4.93. The maximum atomic E-state index is 13.9. The first-order valence-corrected chi connectivity index (χ1v) is 8.56. The topological polar surface area (TPSA) is 74.6 Å². The van der Waals surface area contributed by atoms with Crippen LogP contribution in [0.15, 0.2) is 17.0 Å². The molecule has 0 aromatic heterocycles. The molecule has 0 amide bonds. The average molecular weight is 416 g/mol. The quantitative estimate of drug-likeness (QED) is 0.342. The van der Waals surface area contributed by atoms with Gasteiger partial charge in [-0.1, -0.05) is 0 Å². The molecular weight excluding hydrogens is 409 g/mol. The number of aliphatic hydroxyl groups is 2. The monoisotopic (exact) mass is 416 g/mol. The Balaban J connectivity index is 2.22. The highest BCUT2D eigenvalue weighted by Gasteiger charge is 2.51. The third-order valence-electron chi connectivity index (χ3n) is 4.20. The van der Waals surface area contributed by atoms with E-state index in [1.807, 2.05) is 0 Å². The minimum Gasteiger partial charge on any atom is -0.387 e. The Morgan fingerprint density at radius 2 is 1.26 bits per heavy atom. The van der Waals surface area contributed by atoms with Crippen LogP contribution in [-0.2, 0) is 9.84 Å². The predicted molar refractivity (Wildman–Crippen MR) is 73.5 cm³/mol. The molecule has 1 aliphatic rings. The highest BCUT2D eigenvalue weighted by molar-refractivity contribution is 7.92. The van der Waals surface area contributed by atoms with Gasteiger partial charge in [0.25, 0.3) is 0 Å². The Hall–Kier alpha value is -2.18. The Morgan fingerprint density at radius 1 is 0.815 bits per heavy atom. The number of aliphatic hydroxyl groups excluding tert-OH is 2. The molecule has 0 bridgehead atoms. The van der Waals surface area contributed by atoms with E-state index < -0.39 is 84.0 Å². The van der Waals surface area contributed by atoms with E-state index in [1.165, 1.54) is 0 Å². The van der Waals surface area contributed by atoms with Crippen molar-refractivity contribution in [1.82, 2.24) is 0 Å². The van der Waals surface area contributed by atoms with E-state index in [9.17, 15) is 49.4 Å². The largest absolute Gasteiger partial charge is 0.387 e. The van der Waals surface area contributed by atoms with Crippen LogP contribution < -0.4 is 0 Å². The van der Waals surface area contributed by atoms with Gasteiger partial charge in [-0.15, -0.1) is 0 Å². The molecule has 0 radical (unpaired) electrons. The van der Waals surface area contributed by atoms with Crippen LogP contribution in [0.1, 0.15) is 23.3 Å². The molecule has 3 rings (SSSR count). The molecule has 2 N–H and O–H groups in total. The van der Waals surface area contributed by atoms with Crippen molar-refractivity contribution < 1.29 is 49.4 Å². The maximum absolute atomic E-state index is 13.9. The van der Waals surface area contributed by atoms with Gasteiger partial charge in [-0.25, -0.2) is 39.2 Å². The first-order chi connectivity index (χ1) is 12.4. The normalized spacial score (nSPS) is 22.0. The molecular formula is C15H7F7O4S. The van der Waals surface area contributed by atoms with Gasteiger partial charge < -0.3 is 10.2 Å². The highest BCUT2D eigenvalue weighted by atomic mass is 32.2. The summed E-state index contributed by atoms with van der Waals surface area (Å²) in [7, 11) is -4.93. The molecule has 3 unspecified atom stereocenters. The lowest BCUT2D eigenvalue weighted by molar-refractivity contribution is 0.0826. The zero-order valence-corrected chi connectivity index (χ0v) is 13.5. The molecule has 0 aliphatic carbocycles. The van der Waals surface area contributed by atoms with E-state index in [0.29, 0.717) is 0 Å². The molecule has 3 atom stereocenters. The summed E-state index contributed by atoms with van der Waals surface area (Å²) in [6.45, 7) is 0. The second-order valence-electron chi connectivity index (χ2n) is 5.69.